The van der Waals surface area contributed by atoms with Crippen LogP contribution in [-0.2, 0) is 11.2 Å². The van der Waals surface area contributed by atoms with Crippen LogP contribution in [0.15, 0.2) is 48.4 Å². The maximum Gasteiger partial charge on any atom is 0.133 e. The highest BCUT2D eigenvalue weighted by Gasteiger charge is 2.33. The number of aromatic nitrogens is 2. The molecule has 29 heavy (non-hydrogen) atoms. The van der Waals surface area contributed by atoms with E-state index in [2.05, 4.69) is 9.88 Å². The third-order valence-electron chi connectivity index (χ3n) is 4.64. The largest absolute Gasteiger partial charge is 0.378 e. The maximum atomic E-state index is 6.47. The van der Waals surface area contributed by atoms with Crippen molar-refractivity contribution in [3.8, 4) is 0 Å². The molecule has 1 aliphatic rings. The van der Waals surface area contributed by atoms with Crippen molar-refractivity contribution in [2.45, 2.75) is 18.0 Å². The van der Waals surface area contributed by atoms with Crippen LogP contribution in [0.2, 0.25) is 5.02 Å². The van der Waals surface area contributed by atoms with Gasteiger partial charge in [0.2, 0.25) is 0 Å². The molecule has 0 amide bonds. The highest BCUT2D eigenvalue weighted by atomic mass is 35.5. The lowest BCUT2D eigenvalue weighted by Crippen LogP contribution is -2.44. The van der Waals surface area contributed by atoms with Crippen LogP contribution in [-0.4, -0.2) is 46.7 Å². The Balaban J connectivity index is 1.58. The second-order valence-corrected chi connectivity index (χ2v) is 9.42. The van der Waals surface area contributed by atoms with Crippen molar-refractivity contribution in [3.05, 3.63) is 64.0 Å². The van der Waals surface area contributed by atoms with Gasteiger partial charge >= 0.3 is 0 Å². The van der Waals surface area contributed by atoms with Crippen LogP contribution in [0.3, 0.4) is 0 Å². The van der Waals surface area contributed by atoms with Gasteiger partial charge in [0.25, 0.3) is 0 Å². The fraction of sp³-hybridized carbons (Fsp3) is 0.300. The zero-order valence-corrected chi connectivity index (χ0v) is 18.3. The summed E-state index contributed by atoms with van der Waals surface area (Å²) in [4.78, 5) is 12.1. The molecule has 1 aliphatic heterocycles. The molecule has 0 saturated carbocycles. The summed E-state index contributed by atoms with van der Waals surface area (Å²) >= 11 is 9.31. The maximum absolute atomic E-state index is 6.47. The first-order chi connectivity index (χ1) is 14.0. The van der Waals surface area contributed by atoms with E-state index in [1.54, 1.807) is 36.4 Å². The van der Waals surface area contributed by atoms with Gasteiger partial charge in [0.15, 0.2) is 0 Å². The van der Waals surface area contributed by atoms with Crippen molar-refractivity contribution in [2.75, 3.05) is 20.3 Å². The van der Waals surface area contributed by atoms with E-state index in [1.165, 1.54) is 0 Å². The quantitative estimate of drug-likeness (QED) is 0.572. The highest BCUT2D eigenvalue weighted by molar-refractivity contribution is 8.09. The third-order valence-corrected chi connectivity index (χ3v) is 7.19. The predicted octanol–water partition coefficient (Wildman–Crippen LogP) is 3.52. The molecule has 1 aromatic carbocycles. The standard InChI is InChI=1S/C20H22ClN5OS2/c1-27-11-16-18(19-25-15-5-6-24-9-17(15)28-19)29-20(23)26(16)10-14(22)8-12-3-2-4-13(21)7-12/h2-7,9,14,20H,8,10-11,22-23H2,1H3/t14-,20?/m1/s1. The molecule has 2 aromatic heterocycles. The van der Waals surface area contributed by atoms with Gasteiger partial charge in [-0.05, 0) is 30.2 Å². The number of benzene rings is 1. The molecule has 3 aromatic rings. The summed E-state index contributed by atoms with van der Waals surface area (Å²) in [5.74, 6) is 0. The number of thioether (sulfide) groups is 1. The van der Waals surface area contributed by atoms with Crippen LogP contribution < -0.4 is 11.5 Å². The lowest BCUT2D eigenvalue weighted by Gasteiger charge is -2.29. The lowest BCUT2D eigenvalue weighted by molar-refractivity contribution is 0.184. The van der Waals surface area contributed by atoms with E-state index >= 15 is 0 Å². The molecular weight excluding hydrogens is 426 g/mol. The summed E-state index contributed by atoms with van der Waals surface area (Å²) in [5, 5.41) is 1.65. The summed E-state index contributed by atoms with van der Waals surface area (Å²) in [5.41, 5.74) is 15.8. The fourth-order valence-electron chi connectivity index (χ4n) is 3.37. The minimum atomic E-state index is -0.231. The van der Waals surface area contributed by atoms with Gasteiger partial charge in [-0.2, -0.15) is 0 Å². The van der Waals surface area contributed by atoms with Gasteiger partial charge in [-0.1, -0.05) is 35.5 Å². The molecular formula is C20H22ClN5OS2. The summed E-state index contributed by atoms with van der Waals surface area (Å²) in [7, 11) is 1.69. The van der Waals surface area contributed by atoms with Gasteiger partial charge < -0.3 is 21.1 Å². The normalized spacial score (nSPS) is 18.1. The number of rotatable bonds is 7. The zero-order chi connectivity index (χ0) is 20.4. The molecule has 0 radical (unpaired) electrons. The molecule has 0 aliphatic carbocycles. The Hall–Kier alpha value is -1.68. The Kier molecular flexibility index (Phi) is 6.38. The topological polar surface area (TPSA) is 90.3 Å². The molecule has 0 fully saturated rings. The predicted molar refractivity (Wildman–Crippen MR) is 122 cm³/mol. The smallest absolute Gasteiger partial charge is 0.133 e. The Morgan fingerprint density at radius 3 is 2.97 bits per heavy atom. The molecule has 6 nitrogen and oxygen atoms in total. The number of methoxy groups -OCH3 is 1. The highest BCUT2D eigenvalue weighted by Crippen LogP contribution is 2.44. The van der Waals surface area contributed by atoms with Crippen molar-refractivity contribution in [2.24, 2.45) is 11.5 Å². The van der Waals surface area contributed by atoms with E-state index in [4.69, 9.17) is 32.8 Å². The summed E-state index contributed by atoms with van der Waals surface area (Å²) in [6.07, 6.45) is 4.31. The monoisotopic (exact) mass is 447 g/mol. The van der Waals surface area contributed by atoms with Gasteiger partial charge in [0.1, 0.15) is 10.5 Å². The molecule has 4 N–H and O–H groups in total. The van der Waals surface area contributed by atoms with Crippen LogP contribution in [0.25, 0.3) is 15.1 Å². The van der Waals surface area contributed by atoms with Gasteiger partial charge in [-0.3, -0.25) is 4.98 Å². The average Bonchev–Trinajstić information content (AvgIpc) is 3.24. The molecule has 2 atom stereocenters. The molecule has 1 unspecified atom stereocenters. The molecule has 4 rings (SSSR count). The molecule has 9 heteroatoms. The molecule has 0 bridgehead atoms. The minimum absolute atomic E-state index is 0.0918. The number of thiazole rings is 1. The SMILES string of the molecule is COCC1=C(c2nc3ccncc3s2)SC(N)N1C[C@H](N)Cc1cccc(Cl)c1. The van der Waals surface area contributed by atoms with E-state index in [9.17, 15) is 0 Å². The van der Waals surface area contributed by atoms with Crippen molar-refractivity contribution in [3.63, 3.8) is 0 Å². The first-order valence-corrected chi connectivity index (χ1v) is 11.2. The van der Waals surface area contributed by atoms with Crippen molar-refractivity contribution < 1.29 is 4.74 Å². The number of nitrogens with zero attached hydrogens (tertiary/aromatic N) is 3. The van der Waals surface area contributed by atoms with Gasteiger partial charge in [0, 0.05) is 37.1 Å². The van der Waals surface area contributed by atoms with E-state index in [0.29, 0.717) is 13.2 Å². The second kappa shape index (κ2) is 8.99. The molecule has 0 saturated heterocycles. The van der Waals surface area contributed by atoms with Crippen LogP contribution in [0.5, 0.6) is 0 Å². The van der Waals surface area contributed by atoms with Gasteiger partial charge in [-0.15, -0.1) is 11.3 Å². The number of hydrogen-bond donors (Lipinski definition) is 2. The number of hydrogen-bond acceptors (Lipinski definition) is 8. The Labute approximate surface area is 182 Å². The van der Waals surface area contributed by atoms with Gasteiger partial charge in [0.05, 0.1) is 27.4 Å². The van der Waals surface area contributed by atoms with Crippen LogP contribution in [0.1, 0.15) is 10.6 Å². The van der Waals surface area contributed by atoms with E-state index < -0.39 is 0 Å². The minimum Gasteiger partial charge on any atom is -0.378 e. The van der Waals surface area contributed by atoms with Crippen molar-refractivity contribution in [1.82, 2.24) is 14.9 Å². The number of halogens is 1. The van der Waals surface area contributed by atoms with E-state index in [1.807, 2.05) is 36.5 Å². The van der Waals surface area contributed by atoms with Crippen molar-refractivity contribution in [1.29, 1.82) is 0 Å². The zero-order valence-electron chi connectivity index (χ0n) is 15.9. The molecule has 3 heterocycles. The molecule has 152 valence electrons. The Morgan fingerprint density at radius 2 is 2.21 bits per heavy atom. The summed E-state index contributed by atoms with van der Waals surface area (Å²) in [6.45, 7) is 1.07. The summed E-state index contributed by atoms with van der Waals surface area (Å²) in [6, 6.07) is 9.63. The van der Waals surface area contributed by atoms with E-state index in [-0.39, 0.29) is 11.5 Å². The third kappa shape index (κ3) is 4.58. The van der Waals surface area contributed by atoms with Crippen LogP contribution in [0.4, 0.5) is 0 Å². The number of pyridine rings is 1. The van der Waals surface area contributed by atoms with E-state index in [0.717, 1.165) is 42.8 Å². The van der Waals surface area contributed by atoms with Crippen molar-refractivity contribution >= 4 is 49.8 Å². The van der Waals surface area contributed by atoms with Crippen LogP contribution >= 0.6 is 34.7 Å². The number of fused-ring (bicyclic) bond motifs is 1. The van der Waals surface area contributed by atoms with Crippen LogP contribution in [0, 0.1) is 0 Å². The Morgan fingerprint density at radius 1 is 1.34 bits per heavy atom. The molecule has 0 spiro atoms. The first kappa shape index (κ1) is 20.6. The fourth-order valence-corrected chi connectivity index (χ4v) is 5.79. The Bertz CT molecular complexity index is 1010. The lowest BCUT2D eigenvalue weighted by atomic mass is 10.1. The number of nitrogens with two attached hydrogens (primary N) is 2. The van der Waals surface area contributed by atoms with Gasteiger partial charge in [-0.25, -0.2) is 4.98 Å². The second-order valence-electron chi connectivity index (χ2n) is 6.83. The average molecular weight is 448 g/mol. The first-order valence-electron chi connectivity index (χ1n) is 9.17. The summed E-state index contributed by atoms with van der Waals surface area (Å²) < 4.78 is 6.54. The number of ether oxygens (including phenoxy) is 1.